The standard InChI is InChI=1S/C14H17FN2O3/c15-11-5-2-1-4-10(11)8-16-12(18)9-17-14(13(19)20)6-3-7-14/h1-2,4-5,17H,3,6-9H2,(H,16,18)(H,19,20). The van der Waals surface area contributed by atoms with Crippen molar-refractivity contribution in [1.82, 2.24) is 10.6 Å². The number of halogens is 1. The highest BCUT2D eigenvalue weighted by atomic mass is 19.1. The molecule has 1 aromatic rings. The maximum Gasteiger partial charge on any atom is 0.323 e. The van der Waals surface area contributed by atoms with Gasteiger partial charge in [0.05, 0.1) is 6.54 Å². The van der Waals surface area contributed by atoms with Crippen molar-refractivity contribution in [3.05, 3.63) is 35.6 Å². The highest BCUT2D eigenvalue weighted by molar-refractivity contribution is 5.83. The second kappa shape index (κ2) is 6.00. The van der Waals surface area contributed by atoms with E-state index in [1.165, 1.54) is 6.07 Å². The van der Waals surface area contributed by atoms with Gasteiger partial charge in [-0.3, -0.25) is 14.9 Å². The summed E-state index contributed by atoms with van der Waals surface area (Å²) in [6.45, 7) is 0.00795. The fourth-order valence-corrected chi connectivity index (χ4v) is 2.14. The molecule has 1 saturated carbocycles. The van der Waals surface area contributed by atoms with Crippen molar-refractivity contribution in [2.24, 2.45) is 0 Å². The number of carboxylic acids is 1. The third-order valence-electron chi connectivity index (χ3n) is 3.64. The van der Waals surface area contributed by atoms with E-state index >= 15 is 0 Å². The van der Waals surface area contributed by atoms with Crippen molar-refractivity contribution < 1.29 is 19.1 Å². The molecule has 0 saturated heterocycles. The Kier molecular flexibility index (Phi) is 4.34. The van der Waals surface area contributed by atoms with Crippen molar-refractivity contribution in [2.45, 2.75) is 31.3 Å². The summed E-state index contributed by atoms with van der Waals surface area (Å²) in [4.78, 5) is 22.7. The second-order valence-electron chi connectivity index (χ2n) is 4.96. The summed E-state index contributed by atoms with van der Waals surface area (Å²) in [6.07, 6.45) is 1.90. The van der Waals surface area contributed by atoms with Gasteiger partial charge in [0.25, 0.3) is 0 Å². The van der Waals surface area contributed by atoms with Gasteiger partial charge in [0.2, 0.25) is 5.91 Å². The molecule has 108 valence electrons. The molecule has 0 atom stereocenters. The Balaban J connectivity index is 1.79. The Hall–Kier alpha value is -1.95. The molecule has 1 aliphatic rings. The number of nitrogens with one attached hydrogen (secondary N) is 2. The van der Waals surface area contributed by atoms with E-state index in [1.54, 1.807) is 18.2 Å². The van der Waals surface area contributed by atoms with E-state index in [1.807, 2.05) is 0 Å². The predicted molar refractivity (Wildman–Crippen MR) is 70.5 cm³/mol. The van der Waals surface area contributed by atoms with Gasteiger partial charge >= 0.3 is 5.97 Å². The van der Waals surface area contributed by atoms with Gasteiger partial charge in [-0.15, -0.1) is 0 Å². The minimum atomic E-state index is -0.963. The van der Waals surface area contributed by atoms with Gasteiger partial charge in [0, 0.05) is 12.1 Å². The molecule has 1 fully saturated rings. The average molecular weight is 280 g/mol. The molecule has 3 N–H and O–H groups in total. The summed E-state index contributed by atoms with van der Waals surface area (Å²) >= 11 is 0. The smallest absolute Gasteiger partial charge is 0.323 e. The van der Waals surface area contributed by atoms with Crippen molar-refractivity contribution in [1.29, 1.82) is 0 Å². The monoisotopic (exact) mass is 280 g/mol. The number of aliphatic carboxylic acids is 1. The molecule has 5 nitrogen and oxygen atoms in total. The molecule has 2 rings (SSSR count). The van der Waals surface area contributed by atoms with Gasteiger partial charge in [0.15, 0.2) is 0 Å². The number of amides is 1. The van der Waals surface area contributed by atoms with Crippen LogP contribution in [0.4, 0.5) is 4.39 Å². The summed E-state index contributed by atoms with van der Waals surface area (Å²) in [6, 6.07) is 6.19. The van der Waals surface area contributed by atoms with Crippen LogP contribution in [-0.2, 0) is 16.1 Å². The number of hydrogen-bond donors (Lipinski definition) is 3. The molecule has 0 bridgehead atoms. The van der Waals surface area contributed by atoms with Gasteiger partial charge in [-0.25, -0.2) is 4.39 Å². The molecule has 20 heavy (non-hydrogen) atoms. The van der Waals surface area contributed by atoms with Crippen LogP contribution in [0.1, 0.15) is 24.8 Å². The first-order valence-corrected chi connectivity index (χ1v) is 6.52. The summed E-state index contributed by atoms with van der Waals surface area (Å²) in [5, 5.41) is 14.4. The minimum Gasteiger partial charge on any atom is -0.480 e. The fourth-order valence-electron chi connectivity index (χ4n) is 2.14. The largest absolute Gasteiger partial charge is 0.480 e. The topological polar surface area (TPSA) is 78.4 Å². The van der Waals surface area contributed by atoms with Crippen LogP contribution in [0.2, 0.25) is 0 Å². The molecule has 0 spiro atoms. The van der Waals surface area contributed by atoms with Crippen LogP contribution in [0, 0.1) is 5.82 Å². The van der Waals surface area contributed by atoms with Crippen LogP contribution in [0.25, 0.3) is 0 Å². The molecule has 0 aliphatic heterocycles. The molecule has 6 heteroatoms. The molecule has 0 radical (unpaired) electrons. The lowest BCUT2D eigenvalue weighted by molar-refractivity contribution is -0.149. The number of carbonyl (C=O) groups excluding carboxylic acids is 1. The number of carboxylic acid groups (broad SMARTS) is 1. The second-order valence-corrected chi connectivity index (χ2v) is 4.96. The third-order valence-corrected chi connectivity index (χ3v) is 3.64. The molecule has 0 aromatic heterocycles. The van der Waals surface area contributed by atoms with E-state index in [0.717, 1.165) is 6.42 Å². The molecular formula is C14H17FN2O3. The number of carbonyl (C=O) groups is 2. The predicted octanol–water partition coefficient (Wildman–Crippen LogP) is 1.04. The van der Waals surface area contributed by atoms with Gasteiger partial charge in [-0.2, -0.15) is 0 Å². The SMILES string of the molecule is O=C(CNC1(C(=O)O)CCC1)NCc1ccccc1F. The van der Waals surface area contributed by atoms with Gasteiger partial charge in [-0.1, -0.05) is 18.2 Å². The van der Waals surface area contributed by atoms with Crippen molar-refractivity contribution in [2.75, 3.05) is 6.54 Å². The van der Waals surface area contributed by atoms with Crippen LogP contribution < -0.4 is 10.6 Å². The van der Waals surface area contributed by atoms with Gasteiger partial charge in [-0.05, 0) is 25.3 Å². The fraction of sp³-hybridized carbons (Fsp3) is 0.429. The normalized spacial score (nSPS) is 16.2. The first kappa shape index (κ1) is 14.5. The lowest BCUT2D eigenvalue weighted by Crippen LogP contribution is -2.59. The van der Waals surface area contributed by atoms with Crippen LogP contribution in [0.5, 0.6) is 0 Å². The molecular weight excluding hydrogens is 263 g/mol. The zero-order valence-electron chi connectivity index (χ0n) is 11.0. The first-order chi connectivity index (χ1) is 9.53. The summed E-state index contributed by atoms with van der Waals surface area (Å²) in [5.74, 6) is -1.65. The minimum absolute atomic E-state index is 0.0826. The quantitative estimate of drug-likeness (QED) is 0.727. The van der Waals surface area contributed by atoms with E-state index in [-0.39, 0.29) is 24.8 Å². The van der Waals surface area contributed by atoms with E-state index in [0.29, 0.717) is 18.4 Å². The Morgan fingerprint density at radius 1 is 1.30 bits per heavy atom. The molecule has 1 aromatic carbocycles. The van der Waals surface area contributed by atoms with E-state index in [4.69, 9.17) is 5.11 Å². The molecule has 1 aliphatic carbocycles. The molecule has 0 unspecified atom stereocenters. The zero-order chi connectivity index (χ0) is 14.6. The van der Waals surface area contributed by atoms with Crippen molar-refractivity contribution in [3.8, 4) is 0 Å². The van der Waals surface area contributed by atoms with Crippen LogP contribution in [0.15, 0.2) is 24.3 Å². The first-order valence-electron chi connectivity index (χ1n) is 6.52. The van der Waals surface area contributed by atoms with Crippen molar-refractivity contribution in [3.63, 3.8) is 0 Å². The Morgan fingerprint density at radius 3 is 2.55 bits per heavy atom. The van der Waals surface area contributed by atoms with Crippen molar-refractivity contribution >= 4 is 11.9 Å². The number of rotatable bonds is 6. The van der Waals surface area contributed by atoms with Gasteiger partial charge in [0.1, 0.15) is 11.4 Å². The summed E-state index contributed by atoms with van der Waals surface area (Å²) in [5.41, 5.74) is -0.563. The Bertz CT molecular complexity index is 515. The maximum absolute atomic E-state index is 13.3. The van der Waals surface area contributed by atoms with Gasteiger partial charge < -0.3 is 10.4 Å². The van der Waals surface area contributed by atoms with Crippen LogP contribution in [-0.4, -0.2) is 29.1 Å². The van der Waals surface area contributed by atoms with E-state index in [9.17, 15) is 14.0 Å². The summed E-state index contributed by atoms with van der Waals surface area (Å²) < 4.78 is 13.3. The number of benzene rings is 1. The highest BCUT2D eigenvalue weighted by Gasteiger charge is 2.44. The van der Waals surface area contributed by atoms with Crippen LogP contribution >= 0.6 is 0 Å². The van der Waals surface area contributed by atoms with E-state index in [2.05, 4.69) is 10.6 Å². The maximum atomic E-state index is 13.3. The zero-order valence-corrected chi connectivity index (χ0v) is 11.0. The third kappa shape index (κ3) is 3.14. The van der Waals surface area contributed by atoms with Crippen LogP contribution in [0.3, 0.4) is 0 Å². The number of hydrogen-bond acceptors (Lipinski definition) is 3. The molecule has 0 heterocycles. The Labute approximate surface area is 116 Å². The van der Waals surface area contributed by atoms with E-state index < -0.39 is 11.5 Å². The Morgan fingerprint density at radius 2 is 2.00 bits per heavy atom. The summed E-state index contributed by atoms with van der Waals surface area (Å²) in [7, 11) is 0. The average Bonchev–Trinajstić information content (AvgIpc) is 2.36. The lowest BCUT2D eigenvalue weighted by Gasteiger charge is -2.38. The highest BCUT2D eigenvalue weighted by Crippen LogP contribution is 2.31. The lowest BCUT2D eigenvalue weighted by atomic mass is 9.77. The molecule has 1 amide bonds.